The summed E-state index contributed by atoms with van der Waals surface area (Å²) < 4.78 is 29.0. The Morgan fingerprint density at radius 1 is 1.05 bits per heavy atom. The minimum absolute atomic E-state index is 0.00882. The number of fused-ring (bicyclic) bond motifs is 3. The van der Waals surface area contributed by atoms with Gasteiger partial charge < -0.3 is 10.6 Å². The number of allylic oxidation sites excluding steroid dienone is 1. The number of rotatable bonds is 2. The number of nitrogens with two attached hydrogens (primary N) is 1. The quantitative estimate of drug-likeness (QED) is 0.378. The van der Waals surface area contributed by atoms with E-state index in [1.165, 1.54) is 23.3 Å². The van der Waals surface area contributed by atoms with Gasteiger partial charge in [0.2, 0.25) is 5.95 Å². The molecule has 1 fully saturated rings. The second-order valence-electron chi connectivity index (χ2n) is 10.5. The van der Waals surface area contributed by atoms with Crippen LogP contribution >= 0.6 is 0 Å². The van der Waals surface area contributed by atoms with E-state index in [-0.39, 0.29) is 28.0 Å². The maximum absolute atomic E-state index is 14.5. The van der Waals surface area contributed by atoms with E-state index < -0.39 is 12.3 Å². The Labute approximate surface area is 211 Å². The minimum Gasteiger partial charge on any atom is -0.342 e. The molecule has 1 atom stereocenters. The fraction of sp³-hybridized carbons (Fsp3) is 0.321. The van der Waals surface area contributed by atoms with Crippen LogP contribution in [-0.2, 0) is 12.3 Å². The van der Waals surface area contributed by atoms with E-state index in [1.54, 1.807) is 18.2 Å². The molecule has 2 aromatic carbocycles. The Balaban J connectivity index is 1.19. The Morgan fingerprint density at radius 3 is 2.62 bits per heavy atom. The van der Waals surface area contributed by atoms with Gasteiger partial charge in [-0.05, 0) is 41.4 Å². The molecule has 0 saturated carbocycles. The molecule has 0 amide bonds. The zero-order chi connectivity index (χ0) is 25.4. The molecular weight excluding hydrogens is 474 g/mol. The SMILES string of the molecule is N[C@@H]1c2ccccc2CC12CCN(c1nc3[nH]nc(C4=CCC(F)(F)c5ccccc54)c3c(=O)[nH]1)CC2. The van der Waals surface area contributed by atoms with Crippen LogP contribution in [0.5, 0.6) is 0 Å². The summed E-state index contributed by atoms with van der Waals surface area (Å²) in [5, 5.41) is 7.49. The molecule has 1 spiro atoms. The number of hydrogen-bond donors (Lipinski definition) is 3. The third-order valence-corrected chi connectivity index (χ3v) is 8.50. The highest BCUT2D eigenvalue weighted by molar-refractivity contribution is 5.94. The van der Waals surface area contributed by atoms with E-state index in [4.69, 9.17) is 5.73 Å². The first kappa shape index (κ1) is 22.4. The summed E-state index contributed by atoms with van der Waals surface area (Å²) in [6, 6.07) is 14.8. The van der Waals surface area contributed by atoms with Gasteiger partial charge in [0.25, 0.3) is 11.5 Å². The van der Waals surface area contributed by atoms with Crippen molar-refractivity contribution in [2.24, 2.45) is 11.1 Å². The molecule has 0 unspecified atom stereocenters. The smallest absolute Gasteiger partial charge is 0.277 e. The third-order valence-electron chi connectivity index (χ3n) is 8.50. The molecule has 4 aromatic rings. The molecule has 4 N–H and O–H groups in total. The van der Waals surface area contributed by atoms with E-state index in [2.05, 4.69) is 43.3 Å². The molecule has 1 aliphatic heterocycles. The first-order chi connectivity index (χ1) is 17.9. The molecule has 9 heteroatoms. The zero-order valence-corrected chi connectivity index (χ0v) is 20.1. The lowest BCUT2D eigenvalue weighted by atomic mass is 9.73. The number of aromatic amines is 2. The summed E-state index contributed by atoms with van der Waals surface area (Å²) in [7, 11) is 0. The number of anilines is 1. The van der Waals surface area contributed by atoms with Gasteiger partial charge in [0, 0.05) is 36.7 Å². The van der Waals surface area contributed by atoms with Crippen LogP contribution in [0.15, 0.2) is 59.4 Å². The third kappa shape index (κ3) is 3.30. The molecule has 0 radical (unpaired) electrons. The van der Waals surface area contributed by atoms with Gasteiger partial charge in [-0.25, -0.2) is 8.78 Å². The topological polar surface area (TPSA) is 104 Å². The van der Waals surface area contributed by atoms with Crippen molar-refractivity contribution in [3.63, 3.8) is 0 Å². The number of H-pyrrole nitrogens is 2. The molecule has 2 aliphatic carbocycles. The first-order valence-corrected chi connectivity index (χ1v) is 12.6. The normalized spacial score (nSPS) is 21.6. The van der Waals surface area contributed by atoms with E-state index >= 15 is 0 Å². The largest absolute Gasteiger partial charge is 0.342 e. The molecule has 0 bridgehead atoms. The van der Waals surface area contributed by atoms with Crippen LogP contribution in [0.25, 0.3) is 16.6 Å². The van der Waals surface area contributed by atoms with E-state index in [0.29, 0.717) is 28.4 Å². The number of nitrogens with one attached hydrogen (secondary N) is 2. The van der Waals surface area contributed by atoms with Crippen molar-refractivity contribution in [1.29, 1.82) is 0 Å². The van der Waals surface area contributed by atoms with Gasteiger partial charge in [-0.3, -0.25) is 14.9 Å². The summed E-state index contributed by atoms with van der Waals surface area (Å²) in [6.45, 7) is 1.45. The zero-order valence-electron chi connectivity index (χ0n) is 20.1. The number of aromatic nitrogens is 4. The van der Waals surface area contributed by atoms with Crippen molar-refractivity contribution >= 4 is 22.6 Å². The van der Waals surface area contributed by atoms with Gasteiger partial charge in [0.15, 0.2) is 5.65 Å². The van der Waals surface area contributed by atoms with Crippen LogP contribution < -0.4 is 16.2 Å². The van der Waals surface area contributed by atoms with Crippen molar-refractivity contribution in [3.05, 3.63) is 92.9 Å². The van der Waals surface area contributed by atoms with Gasteiger partial charge in [-0.2, -0.15) is 10.1 Å². The van der Waals surface area contributed by atoms with Crippen LogP contribution in [0, 0.1) is 5.41 Å². The van der Waals surface area contributed by atoms with Crippen LogP contribution in [0.4, 0.5) is 14.7 Å². The average molecular weight is 501 g/mol. The molecule has 188 valence electrons. The summed E-state index contributed by atoms with van der Waals surface area (Å²) in [5.74, 6) is -2.48. The molecule has 7 rings (SSSR count). The number of alkyl halides is 2. The maximum atomic E-state index is 14.5. The van der Waals surface area contributed by atoms with Crippen molar-refractivity contribution in [3.8, 4) is 0 Å². The van der Waals surface area contributed by atoms with E-state index in [9.17, 15) is 13.6 Å². The standard InChI is InChI=1S/C28H26F2N6O/c29-28(30)10-9-19(18-7-3-4-8-20(18)28)22-21-24(35-34-22)32-26(33-25(21)37)36-13-11-27(12-14-36)15-16-5-1-2-6-17(16)23(27)31/h1-9,23H,10-15,31H2,(H2,32,33,34,35,37)/t23-/m1/s1. The number of piperidine rings is 1. The number of benzene rings is 2. The highest BCUT2D eigenvalue weighted by Crippen LogP contribution is 2.51. The Hall–Kier alpha value is -3.85. The fourth-order valence-electron chi connectivity index (χ4n) is 6.45. The predicted octanol–water partition coefficient (Wildman–Crippen LogP) is 4.42. The Bertz CT molecular complexity index is 1630. The Morgan fingerprint density at radius 2 is 1.81 bits per heavy atom. The lowest BCUT2D eigenvalue weighted by Crippen LogP contribution is -2.45. The highest BCUT2D eigenvalue weighted by Gasteiger charge is 2.46. The molecule has 2 aromatic heterocycles. The van der Waals surface area contributed by atoms with Crippen molar-refractivity contribution in [2.75, 3.05) is 18.0 Å². The fourth-order valence-corrected chi connectivity index (χ4v) is 6.45. The lowest BCUT2D eigenvalue weighted by Gasteiger charge is -2.42. The van der Waals surface area contributed by atoms with E-state index in [0.717, 1.165) is 32.4 Å². The van der Waals surface area contributed by atoms with Crippen molar-refractivity contribution < 1.29 is 8.78 Å². The van der Waals surface area contributed by atoms with Crippen LogP contribution in [0.2, 0.25) is 0 Å². The number of halogens is 2. The van der Waals surface area contributed by atoms with Gasteiger partial charge in [0.1, 0.15) is 11.1 Å². The molecular formula is C28H26F2N6O. The Kier molecular flexibility index (Phi) is 4.73. The minimum atomic E-state index is -2.96. The maximum Gasteiger partial charge on any atom is 0.277 e. The summed E-state index contributed by atoms with van der Waals surface area (Å²) in [5.41, 5.74) is 10.5. The predicted molar refractivity (Wildman–Crippen MR) is 137 cm³/mol. The van der Waals surface area contributed by atoms with Crippen LogP contribution in [0.1, 0.15) is 53.3 Å². The summed E-state index contributed by atoms with van der Waals surface area (Å²) >= 11 is 0. The highest BCUT2D eigenvalue weighted by atomic mass is 19.3. The summed E-state index contributed by atoms with van der Waals surface area (Å²) in [4.78, 5) is 23.0. The summed E-state index contributed by atoms with van der Waals surface area (Å²) in [6.07, 6.45) is 3.78. The lowest BCUT2D eigenvalue weighted by molar-refractivity contribution is -0.00247. The first-order valence-electron chi connectivity index (χ1n) is 12.6. The van der Waals surface area contributed by atoms with E-state index in [1.807, 2.05) is 6.07 Å². The monoisotopic (exact) mass is 500 g/mol. The molecule has 7 nitrogen and oxygen atoms in total. The van der Waals surface area contributed by atoms with Gasteiger partial charge >= 0.3 is 0 Å². The van der Waals surface area contributed by atoms with Gasteiger partial charge in [-0.15, -0.1) is 0 Å². The van der Waals surface area contributed by atoms with Gasteiger partial charge in [0.05, 0.1) is 0 Å². The van der Waals surface area contributed by atoms with Crippen LogP contribution in [0.3, 0.4) is 0 Å². The molecule has 3 heterocycles. The van der Waals surface area contributed by atoms with Crippen LogP contribution in [-0.4, -0.2) is 33.3 Å². The second kappa shape index (κ2) is 7.82. The number of hydrogen-bond acceptors (Lipinski definition) is 5. The molecule has 3 aliphatic rings. The molecule has 37 heavy (non-hydrogen) atoms. The second-order valence-corrected chi connectivity index (χ2v) is 10.5. The molecule has 1 saturated heterocycles. The number of nitrogens with zero attached hydrogens (tertiary/aromatic N) is 3. The van der Waals surface area contributed by atoms with Gasteiger partial charge in [-0.1, -0.05) is 54.6 Å². The average Bonchev–Trinajstić information content (AvgIpc) is 3.44. The van der Waals surface area contributed by atoms with Crippen molar-refractivity contribution in [2.45, 2.75) is 37.6 Å². The van der Waals surface area contributed by atoms with Crippen molar-refractivity contribution in [1.82, 2.24) is 20.2 Å².